The van der Waals surface area contributed by atoms with Crippen molar-refractivity contribution in [1.82, 2.24) is 14.8 Å². The van der Waals surface area contributed by atoms with Crippen LogP contribution in [0, 0.1) is 6.92 Å². The Morgan fingerprint density at radius 2 is 2.03 bits per heavy atom. The van der Waals surface area contributed by atoms with Crippen molar-refractivity contribution in [3.8, 4) is 5.00 Å². The Morgan fingerprint density at radius 1 is 1.24 bits per heavy atom. The summed E-state index contributed by atoms with van der Waals surface area (Å²) in [6.07, 6.45) is 0.697. The van der Waals surface area contributed by atoms with Gasteiger partial charge in [-0.05, 0) is 25.5 Å². The molecule has 2 aliphatic rings. The molecule has 0 N–H and O–H groups in total. The fourth-order valence-electron chi connectivity index (χ4n) is 4.19. The van der Waals surface area contributed by atoms with Gasteiger partial charge < -0.3 is 14.4 Å². The summed E-state index contributed by atoms with van der Waals surface area (Å²) in [6, 6.07) is 9.53. The van der Waals surface area contributed by atoms with Crippen molar-refractivity contribution in [3.63, 3.8) is 0 Å². The van der Waals surface area contributed by atoms with Crippen molar-refractivity contribution in [2.75, 3.05) is 38.3 Å². The molecule has 0 aliphatic carbocycles. The third-order valence-corrected chi connectivity index (χ3v) is 7.40. The second kappa shape index (κ2) is 9.24. The molecule has 0 bridgehead atoms. The number of hydrogen-bond donors (Lipinski definition) is 0. The lowest BCUT2D eigenvalue weighted by Gasteiger charge is -2.27. The smallest absolute Gasteiger partial charge is 0.305 e. The number of aryl methyl sites for hydroxylation is 1. The lowest BCUT2D eigenvalue weighted by Crippen LogP contribution is -2.35. The lowest BCUT2D eigenvalue weighted by molar-refractivity contribution is -0.140. The molecule has 0 spiro atoms. The van der Waals surface area contributed by atoms with Gasteiger partial charge in [0.2, 0.25) is 0 Å². The highest BCUT2D eigenvalue weighted by Crippen LogP contribution is 2.41. The summed E-state index contributed by atoms with van der Waals surface area (Å²) in [5.74, 6) is 1.22. The number of carbonyl (C=O) groups is 1. The van der Waals surface area contributed by atoms with Crippen LogP contribution in [0.1, 0.15) is 41.7 Å². The summed E-state index contributed by atoms with van der Waals surface area (Å²) in [5.41, 5.74) is 2.64. The molecule has 4 heterocycles. The summed E-state index contributed by atoms with van der Waals surface area (Å²) in [6.45, 7) is 5.04. The number of aliphatic imine (C=N–C) groups is 1. The molecule has 172 valence electrons. The molecule has 8 nitrogen and oxygen atoms in total. The van der Waals surface area contributed by atoms with E-state index >= 15 is 0 Å². The van der Waals surface area contributed by atoms with E-state index in [0.29, 0.717) is 24.7 Å². The fourth-order valence-corrected chi connectivity index (χ4v) is 5.69. The maximum atomic E-state index is 11.9. The SMILES string of the molecule is COC(=O)CCC1N=C(c2ccccc2Cl)c2cc(N3CCOCC3)sc2-n2c(C)nnc21. The monoisotopic (exact) mass is 485 g/mol. The molecule has 0 saturated carbocycles. The number of esters is 1. The van der Waals surface area contributed by atoms with Gasteiger partial charge in [-0.25, -0.2) is 0 Å². The minimum Gasteiger partial charge on any atom is -0.469 e. The normalized spacial score (nSPS) is 17.7. The quantitative estimate of drug-likeness (QED) is 0.508. The Bertz CT molecular complexity index is 1210. The summed E-state index contributed by atoms with van der Waals surface area (Å²) in [4.78, 5) is 19.4. The van der Waals surface area contributed by atoms with Crippen LogP contribution in [0.5, 0.6) is 0 Å². The highest BCUT2D eigenvalue weighted by Gasteiger charge is 2.32. The van der Waals surface area contributed by atoms with Gasteiger partial charge in [0.1, 0.15) is 16.9 Å². The fraction of sp³-hybridized carbons (Fsp3) is 0.391. The molecule has 33 heavy (non-hydrogen) atoms. The molecule has 0 amide bonds. The number of morpholine rings is 1. The number of fused-ring (bicyclic) bond motifs is 3. The number of anilines is 1. The molecule has 0 radical (unpaired) electrons. The third kappa shape index (κ3) is 4.16. The second-order valence-corrected chi connectivity index (χ2v) is 9.35. The van der Waals surface area contributed by atoms with E-state index in [9.17, 15) is 4.79 Å². The number of aromatic nitrogens is 3. The number of hydrogen-bond acceptors (Lipinski definition) is 8. The maximum absolute atomic E-state index is 11.9. The van der Waals surface area contributed by atoms with Gasteiger partial charge in [0.15, 0.2) is 5.82 Å². The van der Waals surface area contributed by atoms with E-state index in [1.165, 1.54) is 7.11 Å². The van der Waals surface area contributed by atoms with Gasteiger partial charge in [-0.2, -0.15) is 0 Å². The van der Waals surface area contributed by atoms with Crippen molar-refractivity contribution >= 4 is 39.6 Å². The van der Waals surface area contributed by atoms with Crippen molar-refractivity contribution in [3.05, 3.63) is 58.1 Å². The predicted octanol–water partition coefficient (Wildman–Crippen LogP) is 3.97. The number of nitrogens with zero attached hydrogens (tertiary/aromatic N) is 5. The minimum atomic E-state index is -0.358. The van der Waals surface area contributed by atoms with Gasteiger partial charge >= 0.3 is 5.97 Å². The Morgan fingerprint density at radius 3 is 2.79 bits per heavy atom. The molecule has 1 unspecified atom stereocenters. The van der Waals surface area contributed by atoms with Crippen LogP contribution in [0.4, 0.5) is 5.00 Å². The number of thiophene rings is 1. The Hall–Kier alpha value is -2.75. The highest BCUT2D eigenvalue weighted by atomic mass is 35.5. The van der Waals surface area contributed by atoms with Crippen LogP contribution in [0.15, 0.2) is 35.3 Å². The predicted molar refractivity (Wildman–Crippen MR) is 128 cm³/mol. The number of benzene rings is 1. The van der Waals surface area contributed by atoms with Gasteiger partial charge in [-0.1, -0.05) is 41.1 Å². The second-order valence-electron chi connectivity index (χ2n) is 7.93. The van der Waals surface area contributed by atoms with Crippen molar-refractivity contribution < 1.29 is 14.3 Å². The zero-order chi connectivity index (χ0) is 22.9. The van der Waals surface area contributed by atoms with Crippen LogP contribution < -0.4 is 4.90 Å². The third-order valence-electron chi connectivity index (χ3n) is 5.89. The minimum absolute atomic E-state index is 0.235. The average Bonchev–Trinajstić information content (AvgIpc) is 3.41. The first-order valence-electron chi connectivity index (χ1n) is 10.9. The van der Waals surface area contributed by atoms with E-state index in [1.807, 2.05) is 31.2 Å². The first-order chi connectivity index (χ1) is 16.1. The van der Waals surface area contributed by atoms with Gasteiger partial charge in [0.25, 0.3) is 0 Å². The van der Waals surface area contributed by atoms with Gasteiger partial charge in [0.05, 0.1) is 31.0 Å². The molecule has 10 heteroatoms. The van der Waals surface area contributed by atoms with Crippen molar-refractivity contribution in [2.24, 2.45) is 4.99 Å². The van der Waals surface area contributed by atoms with Crippen LogP contribution >= 0.6 is 22.9 Å². The number of carbonyl (C=O) groups excluding carboxylic acids is 1. The zero-order valence-corrected chi connectivity index (χ0v) is 20.0. The van der Waals surface area contributed by atoms with Crippen LogP contribution in [-0.4, -0.2) is 59.9 Å². The zero-order valence-electron chi connectivity index (χ0n) is 18.5. The molecular weight excluding hydrogens is 462 g/mol. The van der Waals surface area contributed by atoms with Crippen molar-refractivity contribution in [1.29, 1.82) is 0 Å². The van der Waals surface area contributed by atoms with Crippen LogP contribution in [0.3, 0.4) is 0 Å². The van der Waals surface area contributed by atoms with Gasteiger partial charge in [0, 0.05) is 35.7 Å². The Balaban J connectivity index is 1.68. The van der Waals surface area contributed by atoms with E-state index in [2.05, 4.69) is 25.7 Å². The van der Waals surface area contributed by atoms with Crippen LogP contribution in [0.25, 0.3) is 5.00 Å². The van der Waals surface area contributed by atoms with E-state index in [0.717, 1.165) is 51.6 Å². The summed E-state index contributed by atoms with van der Waals surface area (Å²) in [5, 5.41) is 11.6. The average molecular weight is 486 g/mol. The first kappa shape index (κ1) is 22.1. The Kier molecular flexibility index (Phi) is 6.18. The summed E-state index contributed by atoms with van der Waals surface area (Å²) < 4.78 is 12.5. The molecular formula is C23H24ClN5O3S. The van der Waals surface area contributed by atoms with E-state index in [4.69, 9.17) is 26.1 Å². The first-order valence-corrected chi connectivity index (χ1v) is 12.0. The van der Waals surface area contributed by atoms with Crippen molar-refractivity contribution in [2.45, 2.75) is 25.8 Å². The molecule has 1 aromatic carbocycles. The van der Waals surface area contributed by atoms with Crippen LogP contribution in [0.2, 0.25) is 5.02 Å². The molecule has 5 rings (SSSR count). The maximum Gasteiger partial charge on any atom is 0.305 e. The molecule has 2 aliphatic heterocycles. The Labute approximate surface area is 200 Å². The standard InChI is InChI=1S/C23H24ClN5O3S/c1-14-26-27-22-18(7-8-20(30)31-2)25-21(15-5-3-4-6-17(15)24)16-13-19(33-23(16)29(14)22)28-9-11-32-12-10-28/h3-6,13,18H,7-12H2,1-2H3. The molecule has 3 aromatic rings. The number of halogens is 1. The number of ether oxygens (including phenoxy) is 2. The highest BCUT2D eigenvalue weighted by molar-refractivity contribution is 7.19. The molecule has 1 atom stereocenters. The van der Waals surface area contributed by atoms with E-state index < -0.39 is 0 Å². The molecule has 1 fully saturated rings. The lowest BCUT2D eigenvalue weighted by atomic mass is 10.0. The topological polar surface area (TPSA) is 81.8 Å². The van der Waals surface area contributed by atoms with Gasteiger partial charge in [-0.3, -0.25) is 14.4 Å². The molecule has 2 aromatic heterocycles. The summed E-state index contributed by atoms with van der Waals surface area (Å²) >= 11 is 8.32. The number of methoxy groups -OCH3 is 1. The number of rotatable bonds is 5. The van der Waals surface area contributed by atoms with E-state index in [1.54, 1.807) is 11.3 Å². The molecule has 1 saturated heterocycles. The largest absolute Gasteiger partial charge is 0.469 e. The van der Waals surface area contributed by atoms with E-state index in [-0.39, 0.29) is 18.4 Å². The van der Waals surface area contributed by atoms with Crippen LogP contribution in [-0.2, 0) is 14.3 Å². The van der Waals surface area contributed by atoms with Gasteiger partial charge in [-0.15, -0.1) is 10.2 Å². The summed E-state index contributed by atoms with van der Waals surface area (Å²) in [7, 11) is 1.39.